The highest BCUT2D eigenvalue weighted by Gasteiger charge is 2.27. The van der Waals surface area contributed by atoms with Gasteiger partial charge in [-0.2, -0.15) is 0 Å². The maximum absolute atomic E-state index is 11.1. The van der Waals surface area contributed by atoms with Gasteiger partial charge in [0, 0.05) is 26.7 Å². The fourth-order valence-electron chi connectivity index (χ4n) is 3.24. The Hall–Kier alpha value is -1.61. The molecular weight excluding hydrogens is 316 g/mol. The molecule has 3 rings (SSSR count). The van der Waals surface area contributed by atoms with Crippen molar-refractivity contribution >= 4 is 27.3 Å². The second-order valence-electron chi connectivity index (χ2n) is 6.31. The third-order valence-electron chi connectivity index (χ3n) is 4.50. The Morgan fingerprint density at radius 1 is 1.35 bits per heavy atom. The van der Waals surface area contributed by atoms with Gasteiger partial charge >= 0.3 is 0 Å². The molecule has 0 radical (unpaired) electrons. The lowest BCUT2D eigenvalue weighted by Crippen LogP contribution is -2.36. The minimum absolute atomic E-state index is 0.527. The van der Waals surface area contributed by atoms with Crippen LogP contribution in [0.4, 0.5) is 17.3 Å². The number of fused-ring (bicyclic) bond motifs is 1. The summed E-state index contributed by atoms with van der Waals surface area (Å²) in [7, 11) is -1.04. The largest absolute Gasteiger partial charge is 0.355 e. The van der Waals surface area contributed by atoms with Crippen molar-refractivity contribution in [2.45, 2.75) is 19.3 Å². The van der Waals surface area contributed by atoms with E-state index in [0.717, 1.165) is 56.3 Å². The molecule has 2 aliphatic rings. The van der Waals surface area contributed by atoms with Gasteiger partial charge in [0.1, 0.15) is 12.0 Å². The molecule has 2 N–H and O–H groups in total. The molecule has 23 heavy (non-hydrogen) atoms. The zero-order chi connectivity index (χ0) is 16.4. The van der Waals surface area contributed by atoms with Gasteiger partial charge in [-0.25, -0.2) is 23.1 Å². The number of aromatic nitrogens is 2. The fraction of sp³-hybridized carbons (Fsp3) is 0.714. The highest BCUT2D eigenvalue weighted by atomic mass is 32.2. The molecule has 0 aliphatic carbocycles. The van der Waals surface area contributed by atoms with Gasteiger partial charge in [0.15, 0.2) is 11.6 Å². The van der Waals surface area contributed by atoms with Crippen LogP contribution in [0.2, 0.25) is 0 Å². The van der Waals surface area contributed by atoms with Crippen molar-refractivity contribution in [1.29, 1.82) is 0 Å². The van der Waals surface area contributed by atoms with Gasteiger partial charge in [-0.05, 0) is 25.2 Å². The van der Waals surface area contributed by atoms with Crippen LogP contribution in [-0.2, 0) is 10.0 Å². The van der Waals surface area contributed by atoms with Gasteiger partial charge in [-0.3, -0.25) is 0 Å². The summed E-state index contributed by atoms with van der Waals surface area (Å²) in [5.41, 5.74) is 1.07. The van der Waals surface area contributed by atoms with E-state index in [0.29, 0.717) is 12.5 Å². The normalized spacial score (nSPS) is 18.9. The molecular formula is C14H24N6O2S. The molecule has 128 valence electrons. The zero-order valence-corrected chi connectivity index (χ0v) is 14.4. The second kappa shape index (κ2) is 6.48. The van der Waals surface area contributed by atoms with Crippen LogP contribution in [0, 0.1) is 5.92 Å². The van der Waals surface area contributed by atoms with Crippen LogP contribution in [0.3, 0.4) is 0 Å². The van der Waals surface area contributed by atoms with Crippen molar-refractivity contribution in [2.75, 3.05) is 54.7 Å². The third kappa shape index (κ3) is 3.84. The molecule has 1 aromatic heterocycles. The Balaban J connectivity index is 1.57. The van der Waals surface area contributed by atoms with Crippen molar-refractivity contribution in [3.05, 3.63) is 6.33 Å². The summed E-state index contributed by atoms with van der Waals surface area (Å²) in [5.74, 6) is 2.46. The first kappa shape index (κ1) is 16.3. The molecule has 9 heteroatoms. The maximum Gasteiger partial charge on any atom is 0.208 e. The molecule has 1 aromatic rings. The molecule has 0 amide bonds. The minimum atomic E-state index is -3.08. The molecule has 0 aromatic carbocycles. The minimum Gasteiger partial charge on any atom is -0.355 e. The number of sulfonamides is 1. The standard InChI is InChI=1S/C14H24N6O2S/c1-19-10-17-13-12(19)14(16-9-15-13)20-7-4-11(5-8-20)3-6-18-23(2,21)22/h9,11,18H,3-8,10H2,1-2H3,(H,15,16,17). The van der Waals surface area contributed by atoms with E-state index in [-0.39, 0.29) is 0 Å². The molecule has 8 nitrogen and oxygen atoms in total. The average Bonchev–Trinajstić information content (AvgIpc) is 2.89. The SMILES string of the molecule is CN1CNc2ncnc(N3CCC(CCNS(C)(=O)=O)CC3)c21. The van der Waals surface area contributed by atoms with Crippen molar-refractivity contribution in [3.63, 3.8) is 0 Å². The summed E-state index contributed by atoms with van der Waals surface area (Å²) in [4.78, 5) is 13.2. The monoisotopic (exact) mass is 340 g/mol. The first-order valence-corrected chi connectivity index (χ1v) is 9.83. The van der Waals surface area contributed by atoms with E-state index < -0.39 is 10.0 Å². The summed E-state index contributed by atoms with van der Waals surface area (Å²) in [6.45, 7) is 3.18. The van der Waals surface area contributed by atoms with Gasteiger partial charge < -0.3 is 15.1 Å². The van der Waals surface area contributed by atoms with Crippen LogP contribution < -0.4 is 19.8 Å². The van der Waals surface area contributed by atoms with E-state index in [1.165, 1.54) is 6.26 Å². The number of nitrogens with zero attached hydrogens (tertiary/aromatic N) is 4. The molecule has 2 aliphatic heterocycles. The molecule has 0 unspecified atom stereocenters. The highest BCUT2D eigenvalue weighted by Crippen LogP contribution is 2.37. The summed E-state index contributed by atoms with van der Waals surface area (Å²) < 4.78 is 24.8. The molecule has 0 saturated carbocycles. The van der Waals surface area contributed by atoms with Crippen LogP contribution in [0.5, 0.6) is 0 Å². The summed E-state index contributed by atoms with van der Waals surface area (Å²) in [6.07, 6.45) is 5.82. The van der Waals surface area contributed by atoms with Gasteiger partial charge in [0.2, 0.25) is 10.0 Å². The van der Waals surface area contributed by atoms with Gasteiger partial charge in [-0.1, -0.05) is 0 Å². The lowest BCUT2D eigenvalue weighted by atomic mass is 9.93. The van der Waals surface area contributed by atoms with E-state index in [4.69, 9.17) is 0 Å². The van der Waals surface area contributed by atoms with Crippen LogP contribution in [0.15, 0.2) is 6.33 Å². The van der Waals surface area contributed by atoms with Gasteiger partial charge in [0.25, 0.3) is 0 Å². The Kier molecular flexibility index (Phi) is 4.58. The number of hydrogen-bond acceptors (Lipinski definition) is 7. The van der Waals surface area contributed by atoms with Crippen LogP contribution in [0.25, 0.3) is 0 Å². The van der Waals surface area contributed by atoms with Crippen LogP contribution >= 0.6 is 0 Å². The molecule has 1 saturated heterocycles. The summed E-state index contributed by atoms with van der Waals surface area (Å²) in [5, 5.41) is 3.26. The zero-order valence-electron chi connectivity index (χ0n) is 13.6. The quantitative estimate of drug-likeness (QED) is 0.804. The van der Waals surface area contributed by atoms with Crippen molar-refractivity contribution in [2.24, 2.45) is 5.92 Å². The molecule has 0 bridgehead atoms. The second-order valence-corrected chi connectivity index (χ2v) is 8.15. The number of hydrogen-bond donors (Lipinski definition) is 2. The van der Waals surface area contributed by atoms with E-state index >= 15 is 0 Å². The Morgan fingerprint density at radius 2 is 2.09 bits per heavy atom. The van der Waals surface area contributed by atoms with Crippen molar-refractivity contribution in [1.82, 2.24) is 14.7 Å². The van der Waals surface area contributed by atoms with E-state index in [1.54, 1.807) is 6.33 Å². The number of piperidine rings is 1. The molecule has 3 heterocycles. The van der Waals surface area contributed by atoms with Crippen LogP contribution in [-0.4, -0.2) is 58.0 Å². The topological polar surface area (TPSA) is 90.5 Å². The van der Waals surface area contributed by atoms with E-state index in [9.17, 15) is 8.42 Å². The van der Waals surface area contributed by atoms with E-state index in [2.05, 4.69) is 29.8 Å². The average molecular weight is 340 g/mol. The Morgan fingerprint density at radius 3 is 2.78 bits per heavy atom. The maximum atomic E-state index is 11.1. The number of anilines is 3. The highest BCUT2D eigenvalue weighted by molar-refractivity contribution is 7.88. The summed E-state index contributed by atoms with van der Waals surface area (Å²) >= 11 is 0. The predicted octanol–water partition coefficient (Wildman–Crippen LogP) is 0.452. The van der Waals surface area contributed by atoms with Gasteiger partial charge in [0.05, 0.1) is 12.9 Å². The lowest BCUT2D eigenvalue weighted by molar-refractivity contribution is 0.381. The smallest absolute Gasteiger partial charge is 0.208 e. The predicted molar refractivity (Wildman–Crippen MR) is 91.3 cm³/mol. The first-order valence-electron chi connectivity index (χ1n) is 7.93. The van der Waals surface area contributed by atoms with Crippen LogP contribution in [0.1, 0.15) is 19.3 Å². The number of nitrogens with one attached hydrogen (secondary N) is 2. The Labute approximate surface area is 137 Å². The van der Waals surface area contributed by atoms with Gasteiger partial charge in [-0.15, -0.1) is 0 Å². The van der Waals surface area contributed by atoms with E-state index in [1.807, 2.05) is 7.05 Å². The number of rotatable bonds is 5. The Bertz CT molecular complexity index is 657. The fourth-order valence-corrected chi connectivity index (χ4v) is 3.72. The summed E-state index contributed by atoms with van der Waals surface area (Å²) in [6, 6.07) is 0. The molecule has 1 fully saturated rings. The molecule has 0 spiro atoms. The first-order chi connectivity index (χ1) is 10.9. The van der Waals surface area contributed by atoms with Crippen molar-refractivity contribution in [3.8, 4) is 0 Å². The van der Waals surface area contributed by atoms with Crippen molar-refractivity contribution < 1.29 is 8.42 Å². The molecule has 0 atom stereocenters. The third-order valence-corrected chi connectivity index (χ3v) is 5.23. The lowest BCUT2D eigenvalue weighted by Gasteiger charge is -2.34.